The second kappa shape index (κ2) is 7.47. The highest BCUT2D eigenvalue weighted by atomic mass is 35.5. The number of nitrogens with two attached hydrogens (primary N) is 1. The molecule has 1 aliphatic heterocycles. The molecule has 9 heteroatoms. The first-order valence-electron chi connectivity index (χ1n) is 7.95. The predicted octanol–water partition coefficient (Wildman–Crippen LogP) is 2.76. The van der Waals surface area contributed by atoms with Crippen molar-refractivity contribution in [3.8, 4) is 0 Å². The lowest BCUT2D eigenvalue weighted by molar-refractivity contribution is 0.0975. The molecule has 0 radical (unpaired) electrons. The number of halogens is 2. The molecule has 1 amide bonds. The molecule has 0 aliphatic carbocycles. The fraction of sp³-hybridized carbons (Fsp3) is 0.294. The number of fused-ring (bicyclic) bond motifs is 2. The minimum atomic E-state index is -0.218. The van der Waals surface area contributed by atoms with E-state index in [0.717, 1.165) is 41.2 Å². The van der Waals surface area contributed by atoms with Gasteiger partial charge in [0.2, 0.25) is 5.82 Å². The van der Waals surface area contributed by atoms with Gasteiger partial charge in [0.1, 0.15) is 0 Å². The molecule has 2 N–H and O–H groups in total. The van der Waals surface area contributed by atoms with Crippen LogP contribution >= 0.6 is 24.8 Å². The Labute approximate surface area is 163 Å². The Morgan fingerprint density at radius 1 is 1.19 bits per heavy atom. The monoisotopic (exact) mass is 394 g/mol. The Morgan fingerprint density at radius 2 is 1.96 bits per heavy atom. The van der Waals surface area contributed by atoms with Crippen LogP contribution in [0.2, 0.25) is 0 Å². The van der Waals surface area contributed by atoms with Gasteiger partial charge in [-0.15, -0.1) is 29.9 Å². The number of aromatic nitrogens is 4. The molecule has 7 nitrogen and oxygen atoms in total. The molecule has 0 bridgehead atoms. The maximum Gasteiger partial charge on any atom is 0.298 e. The average Bonchev–Trinajstić information content (AvgIpc) is 2.98. The minimum Gasteiger partial charge on any atom is -0.398 e. The van der Waals surface area contributed by atoms with E-state index in [0.29, 0.717) is 12.3 Å². The smallest absolute Gasteiger partial charge is 0.298 e. The van der Waals surface area contributed by atoms with E-state index in [-0.39, 0.29) is 36.5 Å². The maximum atomic E-state index is 13.0. The van der Waals surface area contributed by atoms with Gasteiger partial charge in [0.15, 0.2) is 0 Å². The van der Waals surface area contributed by atoms with Gasteiger partial charge in [-0.2, -0.15) is 4.98 Å². The van der Waals surface area contributed by atoms with E-state index in [1.54, 1.807) is 9.42 Å². The Balaban J connectivity index is 0.00000121. The van der Waals surface area contributed by atoms with Gasteiger partial charge in [-0.25, -0.2) is 9.50 Å². The molecule has 26 heavy (non-hydrogen) atoms. The van der Waals surface area contributed by atoms with Crippen LogP contribution in [0.1, 0.15) is 34.0 Å². The first-order chi connectivity index (χ1) is 11.5. The van der Waals surface area contributed by atoms with E-state index in [9.17, 15) is 4.79 Å². The number of anilines is 2. The second-order valence-electron chi connectivity index (χ2n) is 6.09. The van der Waals surface area contributed by atoms with Crippen molar-refractivity contribution in [3.63, 3.8) is 0 Å². The summed E-state index contributed by atoms with van der Waals surface area (Å²) in [6.07, 6.45) is 1.75. The number of nitrogens with zero attached hydrogens (tertiary/aromatic N) is 5. The molecular formula is C17H20Cl2N6O. The number of nitrogen functional groups attached to an aromatic ring is 1. The van der Waals surface area contributed by atoms with Crippen LogP contribution < -0.4 is 10.6 Å². The number of carbonyl (C=O) groups excluding carboxylic acids is 1. The molecule has 0 unspecified atom stereocenters. The summed E-state index contributed by atoms with van der Waals surface area (Å²) < 4.78 is 1.60. The third kappa shape index (κ3) is 3.20. The number of carbonyl (C=O) groups is 1. The number of rotatable bonds is 1. The molecule has 0 fully saturated rings. The van der Waals surface area contributed by atoms with E-state index in [1.807, 2.05) is 38.1 Å². The Kier molecular flexibility index (Phi) is 5.73. The van der Waals surface area contributed by atoms with Crippen LogP contribution in [-0.4, -0.2) is 32.0 Å². The number of hydrogen-bond donors (Lipinski definition) is 1. The van der Waals surface area contributed by atoms with Crippen molar-refractivity contribution < 1.29 is 4.79 Å². The lowest BCUT2D eigenvalue weighted by atomic mass is 10.00. The molecule has 138 valence electrons. The van der Waals surface area contributed by atoms with E-state index < -0.39 is 0 Å². The van der Waals surface area contributed by atoms with Gasteiger partial charge in [-0.05, 0) is 50.5 Å². The van der Waals surface area contributed by atoms with Crippen molar-refractivity contribution in [3.05, 3.63) is 47.0 Å². The molecule has 0 spiro atoms. The molecule has 0 saturated carbocycles. The molecule has 4 rings (SSSR count). The Hall–Kier alpha value is -2.38. The van der Waals surface area contributed by atoms with Crippen molar-refractivity contribution in [2.75, 3.05) is 17.2 Å². The lowest BCUT2D eigenvalue weighted by Gasteiger charge is -2.29. The maximum absolute atomic E-state index is 13.0. The van der Waals surface area contributed by atoms with Crippen LogP contribution in [0.3, 0.4) is 0 Å². The van der Waals surface area contributed by atoms with Crippen molar-refractivity contribution in [1.82, 2.24) is 19.6 Å². The van der Waals surface area contributed by atoms with Crippen molar-refractivity contribution in [1.29, 1.82) is 0 Å². The van der Waals surface area contributed by atoms with Crippen LogP contribution in [0.25, 0.3) is 5.78 Å². The standard InChI is InChI=1S/C17H18N6O.2ClH/c1-10-9-11(2)23-17(19-10)20-15(21-23)16(24)22-8-4-5-12-13(18)6-3-7-14(12)22;;/h3,6-7,9H,4-5,8,18H2,1-2H3;2*1H. The minimum absolute atomic E-state index is 0. The highest BCUT2D eigenvalue weighted by Crippen LogP contribution is 2.31. The van der Waals surface area contributed by atoms with Gasteiger partial charge < -0.3 is 10.6 Å². The van der Waals surface area contributed by atoms with Crippen molar-refractivity contribution >= 4 is 47.9 Å². The second-order valence-corrected chi connectivity index (χ2v) is 6.09. The highest BCUT2D eigenvalue weighted by molar-refractivity contribution is 6.05. The summed E-state index contributed by atoms with van der Waals surface area (Å²) in [5, 5.41) is 4.34. The molecule has 3 heterocycles. The quantitative estimate of drug-likeness (QED) is 0.640. The van der Waals surface area contributed by atoms with Crippen molar-refractivity contribution in [2.45, 2.75) is 26.7 Å². The number of amides is 1. The topological polar surface area (TPSA) is 89.4 Å². The van der Waals surface area contributed by atoms with Crippen LogP contribution in [0.4, 0.5) is 11.4 Å². The zero-order valence-electron chi connectivity index (χ0n) is 14.5. The fourth-order valence-corrected chi connectivity index (χ4v) is 3.24. The van der Waals surface area contributed by atoms with E-state index in [4.69, 9.17) is 5.73 Å². The highest BCUT2D eigenvalue weighted by Gasteiger charge is 2.27. The molecule has 2 aromatic heterocycles. The zero-order chi connectivity index (χ0) is 16.8. The van der Waals surface area contributed by atoms with Crippen LogP contribution in [0.5, 0.6) is 0 Å². The predicted molar refractivity (Wildman–Crippen MR) is 106 cm³/mol. The Bertz CT molecular complexity index is 971. The van der Waals surface area contributed by atoms with Gasteiger partial charge >= 0.3 is 0 Å². The van der Waals surface area contributed by atoms with E-state index in [2.05, 4.69) is 15.1 Å². The lowest BCUT2D eigenvalue weighted by Crippen LogP contribution is -2.36. The summed E-state index contributed by atoms with van der Waals surface area (Å²) in [6.45, 7) is 4.45. The SMILES string of the molecule is Cc1cc(C)n2nc(C(=O)N3CCCc4c(N)cccc43)nc2n1.Cl.Cl. The summed E-state index contributed by atoms with van der Waals surface area (Å²) in [5.41, 5.74) is 10.4. The summed E-state index contributed by atoms with van der Waals surface area (Å²) in [4.78, 5) is 23.3. The van der Waals surface area contributed by atoms with Crippen LogP contribution in [0.15, 0.2) is 24.3 Å². The molecule has 0 atom stereocenters. The van der Waals surface area contributed by atoms with E-state index >= 15 is 0 Å². The summed E-state index contributed by atoms with van der Waals surface area (Å²) >= 11 is 0. The zero-order valence-corrected chi connectivity index (χ0v) is 16.1. The Morgan fingerprint density at radius 3 is 2.73 bits per heavy atom. The molecule has 1 aliphatic rings. The summed E-state index contributed by atoms with van der Waals surface area (Å²) in [6, 6.07) is 7.57. The van der Waals surface area contributed by atoms with Crippen molar-refractivity contribution in [2.24, 2.45) is 0 Å². The number of aryl methyl sites for hydroxylation is 2. The number of benzene rings is 1. The third-order valence-corrected chi connectivity index (χ3v) is 4.34. The van der Waals surface area contributed by atoms with Crippen LogP contribution in [0, 0.1) is 13.8 Å². The van der Waals surface area contributed by atoms with E-state index in [1.165, 1.54) is 0 Å². The average molecular weight is 395 g/mol. The first-order valence-corrected chi connectivity index (χ1v) is 7.95. The van der Waals surface area contributed by atoms with Gasteiger partial charge in [0.25, 0.3) is 11.7 Å². The summed E-state index contributed by atoms with van der Waals surface area (Å²) in [7, 11) is 0. The van der Waals surface area contributed by atoms with Gasteiger partial charge in [0, 0.05) is 29.3 Å². The van der Waals surface area contributed by atoms with Gasteiger partial charge in [0.05, 0.1) is 0 Å². The van der Waals surface area contributed by atoms with Crippen LogP contribution in [-0.2, 0) is 6.42 Å². The largest absolute Gasteiger partial charge is 0.398 e. The third-order valence-electron chi connectivity index (χ3n) is 4.34. The summed E-state index contributed by atoms with van der Waals surface area (Å²) in [5.74, 6) is 0.385. The molecule has 1 aromatic carbocycles. The molecular weight excluding hydrogens is 375 g/mol. The van der Waals surface area contributed by atoms with Gasteiger partial charge in [-0.3, -0.25) is 4.79 Å². The van der Waals surface area contributed by atoms with Gasteiger partial charge in [-0.1, -0.05) is 6.07 Å². The molecule has 0 saturated heterocycles. The fourth-order valence-electron chi connectivity index (χ4n) is 3.24. The normalized spacial score (nSPS) is 12.9. The number of hydrogen-bond acceptors (Lipinski definition) is 5. The molecule has 3 aromatic rings. The first kappa shape index (κ1) is 19.9.